The molecule has 4 unspecified atom stereocenters. The van der Waals surface area contributed by atoms with E-state index in [0.717, 1.165) is 42.0 Å². The van der Waals surface area contributed by atoms with Gasteiger partial charge >= 0.3 is 12.3 Å². The van der Waals surface area contributed by atoms with E-state index in [-0.39, 0.29) is 62.7 Å². The number of alkyl carbamates (subject to hydrolysis) is 1. The molecule has 276 valence electrons. The third-order valence-electron chi connectivity index (χ3n) is 9.43. The van der Waals surface area contributed by atoms with Crippen LogP contribution in [0.4, 0.5) is 18.0 Å². The SMILES string of the molecule is C=CC1CC1(NC(=O)C1CC(Oc2nccc3ccc(/C=C/CCCCOC(=O)NCCCCC(F)(F)F)cc23)CN1C(C)=O)C(=O)NC1CC1. The number of likely N-dealkylation sites (tertiary alicyclic amines) is 1. The number of amides is 4. The predicted molar refractivity (Wildman–Crippen MR) is 184 cm³/mol. The Morgan fingerprint density at radius 2 is 1.92 bits per heavy atom. The van der Waals surface area contributed by atoms with Gasteiger partial charge in [0.2, 0.25) is 23.6 Å². The number of unbranched alkanes of at least 4 members (excludes halogenated alkanes) is 3. The van der Waals surface area contributed by atoms with Gasteiger partial charge in [0.1, 0.15) is 17.7 Å². The average Bonchev–Trinajstić information content (AvgIpc) is 4.00. The number of carbonyl (C=O) groups is 4. The molecule has 5 rings (SSSR count). The Morgan fingerprint density at radius 3 is 2.63 bits per heavy atom. The lowest BCUT2D eigenvalue weighted by Gasteiger charge is -2.25. The molecule has 1 aromatic heterocycles. The van der Waals surface area contributed by atoms with Crippen LogP contribution in [0.15, 0.2) is 49.2 Å². The fourth-order valence-electron chi connectivity index (χ4n) is 6.31. The standard InChI is InChI=1S/C37H46F3N5O6/c1-3-27-22-36(27,34(48)43-28-13-14-28)44-32(47)31-21-29(23-45(31)24(2)46)51-33-30-20-25(11-12-26(30)15-18-41-33)10-6-4-5-9-19-50-35(49)42-17-8-7-16-37(38,39)40/h3,6,10-12,15,18,20,27-29,31H,1,4-5,7-9,13-14,16-17,19,21-23H2,2H3,(H,42,49)(H,43,48)(H,44,47)/b10-6+. The van der Waals surface area contributed by atoms with Crippen LogP contribution in [0.2, 0.25) is 0 Å². The summed E-state index contributed by atoms with van der Waals surface area (Å²) in [6.45, 7) is 5.78. The molecule has 3 N–H and O–H groups in total. The molecule has 2 saturated carbocycles. The van der Waals surface area contributed by atoms with Crippen LogP contribution in [0.1, 0.15) is 76.7 Å². The third-order valence-corrected chi connectivity index (χ3v) is 9.43. The van der Waals surface area contributed by atoms with Gasteiger partial charge in [0.25, 0.3) is 0 Å². The fourth-order valence-corrected chi connectivity index (χ4v) is 6.31. The number of ether oxygens (including phenoxy) is 2. The van der Waals surface area contributed by atoms with Crippen molar-refractivity contribution in [2.24, 2.45) is 5.92 Å². The lowest BCUT2D eigenvalue weighted by Crippen LogP contribution is -2.55. The molecule has 4 atom stereocenters. The van der Waals surface area contributed by atoms with Gasteiger partial charge in [-0.15, -0.1) is 6.58 Å². The Balaban J connectivity index is 1.10. The largest absolute Gasteiger partial charge is 0.472 e. The molecule has 4 amide bonds. The first-order valence-electron chi connectivity index (χ1n) is 17.6. The molecule has 1 aromatic carbocycles. The summed E-state index contributed by atoms with van der Waals surface area (Å²) < 4.78 is 48.0. The molecule has 14 heteroatoms. The van der Waals surface area contributed by atoms with E-state index < -0.39 is 42.3 Å². The number of pyridine rings is 1. The van der Waals surface area contributed by atoms with Crippen molar-refractivity contribution >= 4 is 40.7 Å². The zero-order chi connectivity index (χ0) is 36.6. The number of hydrogen-bond acceptors (Lipinski definition) is 7. The topological polar surface area (TPSA) is 139 Å². The average molecular weight is 714 g/mol. The zero-order valence-electron chi connectivity index (χ0n) is 28.8. The number of fused-ring (bicyclic) bond motifs is 1. The fraction of sp³-hybridized carbons (Fsp3) is 0.541. The van der Waals surface area contributed by atoms with Crippen molar-refractivity contribution in [3.05, 3.63) is 54.8 Å². The maximum atomic E-state index is 13.6. The van der Waals surface area contributed by atoms with E-state index in [2.05, 4.69) is 27.5 Å². The number of nitrogens with zero attached hydrogens (tertiary/aromatic N) is 2. The molecule has 0 radical (unpaired) electrons. The van der Waals surface area contributed by atoms with Crippen molar-refractivity contribution in [3.8, 4) is 5.88 Å². The van der Waals surface area contributed by atoms with Crippen LogP contribution >= 0.6 is 0 Å². The molecule has 2 aliphatic carbocycles. The Bertz CT molecular complexity index is 1630. The van der Waals surface area contributed by atoms with E-state index in [1.807, 2.05) is 36.4 Å². The minimum atomic E-state index is -4.19. The van der Waals surface area contributed by atoms with Crippen molar-refractivity contribution < 1.29 is 41.8 Å². The molecule has 1 saturated heterocycles. The summed E-state index contributed by atoms with van der Waals surface area (Å²) in [6, 6.07) is 7.12. The van der Waals surface area contributed by atoms with Gasteiger partial charge in [-0.1, -0.05) is 30.4 Å². The van der Waals surface area contributed by atoms with Gasteiger partial charge in [-0.3, -0.25) is 14.4 Å². The van der Waals surface area contributed by atoms with Gasteiger partial charge < -0.3 is 30.3 Å². The maximum Gasteiger partial charge on any atom is 0.407 e. The Labute approximate surface area is 295 Å². The van der Waals surface area contributed by atoms with E-state index in [1.165, 1.54) is 11.8 Å². The number of nitrogens with one attached hydrogen (secondary N) is 3. The van der Waals surface area contributed by atoms with Crippen LogP contribution in [-0.2, 0) is 19.1 Å². The number of aromatic nitrogens is 1. The van der Waals surface area contributed by atoms with Crippen LogP contribution in [0.5, 0.6) is 5.88 Å². The van der Waals surface area contributed by atoms with Crippen LogP contribution in [0, 0.1) is 5.92 Å². The van der Waals surface area contributed by atoms with Crippen LogP contribution in [0.3, 0.4) is 0 Å². The molecule has 2 heterocycles. The quantitative estimate of drug-likeness (QED) is 0.144. The molecule has 11 nitrogen and oxygen atoms in total. The highest BCUT2D eigenvalue weighted by molar-refractivity contribution is 5.98. The summed E-state index contributed by atoms with van der Waals surface area (Å²) in [7, 11) is 0. The van der Waals surface area contributed by atoms with Crippen LogP contribution in [0.25, 0.3) is 16.8 Å². The van der Waals surface area contributed by atoms with Gasteiger partial charge in [-0.25, -0.2) is 9.78 Å². The van der Waals surface area contributed by atoms with Crippen molar-refractivity contribution in [2.75, 3.05) is 19.7 Å². The highest BCUT2D eigenvalue weighted by atomic mass is 19.4. The van der Waals surface area contributed by atoms with Crippen LogP contribution < -0.4 is 20.7 Å². The molecule has 51 heavy (non-hydrogen) atoms. The molecule has 3 aliphatic rings. The number of halogens is 3. The molecule has 0 bridgehead atoms. The monoisotopic (exact) mass is 713 g/mol. The number of hydrogen-bond donors (Lipinski definition) is 3. The van der Waals surface area contributed by atoms with E-state index in [0.29, 0.717) is 18.7 Å². The predicted octanol–water partition coefficient (Wildman–Crippen LogP) is 5.58. The first kappa shape index (κ1) is 37.6. The minimum absolute atomic E-state index is 0.0414. The van der Waals surface area contributed by atoms with E-state index in [4.69, 9.17) is 9.47 Å². The van der Waals surface area contributed by atoms with Gasteiger partial charge in [-0.2, -0.15) is 13.2 Å². The second-order valence-electron chi connectivity index (χ2n) is 13.5. The van der Waals surface area contributed by atoms with E-state index >= 15 is 0 Å². The van der Waals surface area contributed by atoms with Gasteiger partial charge in [0, 0.05) is 49.9 Å². The lowest BCUT2D eigenvalue weighted by atomic mass is 10.1. The molecular formula is C37H46F3N5O6. The summed E-state index contributed by atoms with van der Waals surface area (Å²) in [6.07, 6.45) is 6.04. The van der Waals surface area contributed by atoms with Crippen molar-refractivity contribution in [1.82, 2.24) is 25.8 Å². The molecule has 3 fully saturated rings. The zero-order valence-corrected chi connectivity index (χ0v) is 28.8. The maximum absolute atomic E-state index is 13.6. The summed E-state index contributed by atoms with van der Waals surface area (Å²) in [4.78, 5) is 56.9. The minimum Gasteiger partial charge on any atom is -0.472 e. The molecule has 1 aliphatic heterocycles. The Kier molecular flexibility index (Phi) is 12.2. The highest BCUT2D eigenvalue weighted by Crippen LogP contribution is 2.45. The van der Waals surface area contributed by atoms with Crippen molar-refractivity contribution in [3.63, 3.8) is 0 Å². The first-order valence-corrected chi connectivity index (χ1v) is 17.6. The first-order chi connectivity index (χ1) is 24.4. The molecule has 0 spiro atoms. The Morgan fingerprint density at radius 1 is 1.12 bits per heavy atom. The summed E-state index contributed by atoms with van der Waals surface area (Å²) in [5.41, 5.74) is -0.118. The summed E-state index contributed by atoms with van der Waals surface area (Å²) in [5.74, 6) is -0.639. The normalized spacial score (nSPS) is 22.8. The number of benzene rings is 1. The number of allylic oxidation sites excluding steroid dienone is 1. The number of carbonyl (C=O) groups excluding carboxylic acids is 4. The van der Waals surface area contributed by atoms with Gasteiger partial charge in [0.05, 0.1) is 13.2 Å². The lowest BCUT2D eigenvalue weighted by molar-refractivity contribution is -0.138. The second kappa shape index (κ2) is 16.6. The van der Waals surface area contributed by atoms with Crippen molar-refractivity contribution in [1.29, 1.82) is 0 Å². The van der Waals surface area contributed by atoms with Gasteiger partial charge in [0.15, 0.2) is 0 Å². The summed E-state index contributed by atoms with van der Waals surface area (Å²) >= 11 is 0. The van der Waals surface area contributed by atoms with Crippen molar-refractivity contribution in [2.45, 2.75) is 101 Å². The number of alkyl halides is 3. The molecule has 2 aromatic rings. The smallest absolute Gasteiger partial charge is 0.407 e. The Hall–Kier alpha value is -4.62. The number of rotatable bonds is 17. The second-order valence-corrected chi connectivity index (χ2v) is 13.5. The van der Waals surface area contributed by atoms with Crippen LogP contribution in [-0.4, -0.2) is 83.3 Å². The highest BCUT2D eigenvalue weighted by Gasteiger charge is 2.61. The van der Waals surface area contributed by atoms with E-state index in [1.54, 1.807) is 12.3 Å². The molecular weight excluding hydrogens is 667 g/mol. The van der Waals surface area contributed by atoms with Gasteiger partial charge in [-0.05, 0) is 74.4 Å². The summed E-state index contributed by atoms with van der Waals surface area (Å²) in [5, 5.41) is 10.1. The van der Waals surface area contributed by atoms with E-state index in [9.17, 15) is 32.3 Å². The third kappa shape index (κ3) is 10.5.